The Morgan fingerprint density at radius 3 is 2.53 bits per heavy atom. The van der Waals surface area contributed by atoms with E-state index >= 15 is 0 Å². The minimum atomic E-state index is 0.148. The molecule has 0 aromatic heterocycles. The number of benzene rings is 1. The van der Waals surface area contributed by atoms with Crippen LogP contribution in [0.4, 0.5) is 5.69 Å². The molecule has 0 spiro atoms. The van der Waals surface area contributed by atoms with Crippen molar-refractivity contribution in [3.8, 4) is 5.75 Å². The standard InChI is InChI=1S/C15H22N2O2/c16-10-11-19-14-8-6-13(7-9-14)17-15(18)12-4-2-1-3-5-12/h6-9,12H,1-5,10-11,16H2,(H,17,18). The summed E-state index contributed by atoms with van der Waals surface area (Å²) < 4.78 is 5.39. The minimum absolute atomic E-state index is 0.148. The molecule has 0 atom stereocenters. The highest BCUT2D eigenvalue weighted by Crippen LogP contribution is 2.25. The second-order valence-electron chi connectivity index (χ2n) is 4.99. The number of hydrogen-bond acceptors (Lipinski definition) is 3. The lowest BCUT2D eigenvalue weighted by Gasteiger charge is -2.20. The van der Waals surface area contributed by atoms with Crippen LogP contribution < -0.4 is 15.8 Å². The molecule has 19 heavy (non-hydrogen) atoms. The Balaban J connectivity index is 1.86. The zero-order chi connectivity index (χ0) is 13.5. The zero-order valence-corrected chi connectivity index (χ0v) is 11.2. The zero-order valence-electron chi connectivity index (χ0n) is 11.2. The number of amides is 1. The van der Waals surface area contributed by atoms with E-state index < -0.39 is 0 Å². The van der Waals surface area contributed by atoms with Gasteiger partial charge in [-0.15, -0.1) is 0 Å². The van der Waals surface area contributed by atoms with Crippen LogP contribution in [0.2, 0.25) is 0 Å². The summed E-state index contributed by atoms with van der Waals surface area (Å²) in [6, 6.07) is 7.44. The van der Waals surface area contributed by atoms with Crippen molar-refractivity contribution < 1.29 is 9.53 Å². The lowest BCUT2D eigenvalue weighted by atomic mass is 9.88. The third-order valence-electron chi connectivity index (χ3n) is 3.48. The molecule has 1 aliphatic rings. The van der Waals surface area contributed by atoms with Gasteiger partial charge in [-0.2, -0.15) is 0 Å². The van der Waals surface area contributed by atoms with Gasteiger partial charge in [0.25, 0.3) is 0 Å². The van der Waals surface area contributed by atoms with Gasteiger partial charge in [0.1, 0.15) is 12.4 Å². The van der Waals surface area contributed by atoms with Crippen molar-refractivity contribution in [2.75, 3.05) is 18.5 Å². The molecule has 1 aromatic carbocycles. The first-order valence-electron chi connectivity index (χ1n) is 7.03. The average molecular weight is 262 g/mol. The third kappa shape index (κ3) is 4.24. The van der Waals surface area contributed by atoms with Crippen LogP contribution in [0.15, 0.2) is 24.3 Å². The fraction of sp³-hybridized carbons (Fsp3) is 0.533. The minimum Gasteiger partial charge on any atom is -0.492 e. The summed E-state index contributed by atoms with van der Waals surface area (Å²) in [4.78, 5) is 12.1. The largest absolute Gasteiger partial charge is 0.492 e. The molecule has 1 aliphatic carbocycles. The van der Waals surface area contributed by atoms with Crippen molar-refractivity contribution in [1.82, 2.24) is 0 Å². The molecule has 0 heterocycles. The van der Waals surface area contributed by atoms with Gasteiger partial charge in [0.2, 0.25) is 5.91 Å². The predicted molar refractivity (Wildman–Crippen MR) is 76.2 cm³/mol. The number of carbonyl (C=O) groups is 1. The number of rotatable bonds is 5. The maximum absolute atomic E-state index is 12.1. The van der Waals surface area contributed by atoms with Gasteiger partial charge in [0, 0.05) is 18.2 Å². The molecule has 2 rings (SSSR count). The maximum atomic E-state index is 12.1. The van der Waals surface area contributed by atoms with E-state index in [9.17, 15) is 4.79 Å². The summed E-state index contributed by atoms with van der Waals surface area (Å²) in [5.41, 5.74) is 6.20. The van der Waals surface area contributed by atoms with E-state index in [-0.39, 0.29) is 11.8 Å². The summed E-state index contributed by atoms with van der Waals surface area (Å²) in [6.45, 7) is 1.01. The number of nitrogens with two attached hydrogens (primary N) is 1. The number of hydrogen-bond donors (Lipinski definition) is 2. The summed E-state index contributed by atoms with van der Waals surface area (Å²) in [5, 5.41) is 2.98. The highest BCUT2D eigenvalue weighted by molar-refractivity contribution is 5.92. The number of nitrogens with one attached hydrogen (secondary N) is 1. The van der Waals surface area contributed by atoms with Crippen LogP contribution in [0, 0.1) is 5.92 Å². The fourth-order valence-electron chi connectivity index (χ4n) is 2.42. The van der Waals surface area contributed by atoms with Gasteiger partial charge in [0.15, 0.2) is 0 Å². The molecular formula is C15H22N2O2. The predicted octanol–water partition coefficient (Wildman–Crippen LogP) is 2.54. The monoisotopic (exact) mass is 262 g/mol. The van der Waals surface area contributed by atoms with E-state index in [1.54, 1.807) is 0 Å². The Morgan fingerprint density at radius 1 is 1.21 bits per heavy atom. The van der Waals surface area contributed by atoms with E-state index in [1.807, 2.05) is 24.3 Å². The smallest absolute Gasteiger partial charge is 0.227 e. The lowest BCUT2D eigenvalue weighted by Crippen LogP contribution is -2.24. The molecule has 3 N–H and O–H groups in total. The summed E-state index contributed by atoms with van der Waals surface area (Å²) >= 11 is 0. The van der Waals surface area contributed by atoms with Crippen LogP contribution in [0.5, 0.6) is 5.75 Å². The molecule has 1 amide bonds. The Labute approximate surface area is 114 Å². The Morgan fingerprint density at radius 2 is 1.89 bits per heavy atom. The van der Waals surface area contributed by atoms with Crippen molar-refractivity contribution in [3.63, 3.8) is 0 Å². The van der Waals surface area contributed by atoms with Crippen molar-refractivity contribution in [2.45, 2.75) is 32.1 Å². The first-order chi connectivity index (χ1) is 9.29. The van der Waals surface area contributed by atoms with Gasteiger partial charge < -0.3 is 15.8 Å². The maximum Gasteiger partial charge on any atom is 0.227 e. The molecule has 1 saturated carbocycles. The Hall–Kier alpha value is -1.55. The molecule has 4 heteroatoms. The highest BCUT2D eigenvalue weighted by Gasteiger charge is 2.20. The average Bonchev–Trinajstić information content (AvgIpc) is 2.47. The molecule has 104 valence electrons. The van der Waals surface area contributed by atoms with Crippen molar-refractivity contribution in [2.24, 2.45) is 11.7 Å². The van der Waals surface area contributed by atoms with E-state index in [4.69, 9.17) is 10.5 Å². The summed E-state index contributed by atoms with van der Waals surface area (Å²) in [7, 11) is 0. The van der Waals surface area contributed by atoms with E-state index in [1.165, 1.54) is 19.3 Å². The fourth-order valence-corrected chi connectivity index (χ4v) is 2.42. The van der Waals surface area contributed by atoms with Crippen LogP contribution in [0.25, 0.3) is 0 Å². The van der Waals surface area contributed by atoms with Crippen molar-refractivity contribution >= 4 is 11.6 Å². The normalized spacial score (nSPS) is 16.1. The first kappa shape index (κ1) is 13.9. The lowest BCUT2D eigenvalue weighted by molar-refractivity contribution is -0.120. The van der Waals surface area contributed by atoms with Crippen LogP contribution in [0.3, 0.4) is 0 Å². The molecule has 1 aromatic rings. The number of carbonyl (C=O) groups excluding carboxylic acids is 1. The second kappa shape index (κ2) is 7.14. The van der Waals surface area contributed by atoms with Crippen LogP contribution >= 0.6 is 0 Å². The highest BCUT2D eigenvalue weighted by atomic mass is 16.5. The van der Waals surface area contributed by atoms with Crippen LogP contribution in [-0.2, 0) is 4.79 Å². The number of ether oxygens (including phenoxy) is 1. The second-order valence-corrected chi connectivity index (χ2v) is 4.99. The quantitative estimate of drug-likeness (QED) is 0.857. The van der Waals surface area contributed by atoms with Crippen molar-refractivity contribution in [3.05, 3.63) is 24.3 Å². The van der Waals surface area contributed by atoms with Gasteiger partial charge >= 0.3 is 0 Å². The van der Waals surface area contributed by atoms with Gasteiger partial charge in [-0.05, 0) is 37.1 Å². The van der Waals surface area contributed by atoms with Crippen LogP contribution in [-0.4, -0.2) is 19.1 Å². The molecule has 0 bridgehead atoms. The van der Waals surface area contributed by atoms with E-state index in [0.717, 1.165) is 24.3 Å². The molecule has 1 fully saturated rings. The molecule has 0 radical (unpaired) electrons. The Kier molecular flexibility index (Phi) is 5.21. The first-order valence-corrected chi connectivity index (χ1v) is 7.03. The van der Waals surface area contributed by atoms with Gasteiger partial charge in [-0.3, -0.25) is 4.79 Å². The molecule has 0 saturated heterocycles. The summed E-state index contributed by atoms with van der Waals surface area (Å²) in [6.07, 6.45) is 5.64. The topological polar surface area (TPSA) is 64.3 Å². The Bertz CT molecular complexity index is 397. The molecular weight excluding hydrogens is 240 g/mol. The number of anilines is 1. The van der Waals surface area contributed by atoms with Gasteiger partial charge in [-0.1, -0.05) is 19.3 Å². The van der Waals surface area contributed by atoms with Crippen molar-refractivity contribution in [1.29, 1.82) is 0 Å². The SMILES string of the molecule is NCCOc1ccc(NC(=O)C2CCCCC2)cc1. The van der Waals surface area contributed by atoms with Gasteiger partial charge in [0.05, 0.1) is 0 Å². The molecule has 0 unspecified atom stereocenters. The molecule has 0 aliphatic heterocycles. The van der Waals surface area contributed by atoms with E-state index in [2.05, 4.69) is 5.32 Å². The van der Waals surface area contributed by atoms with Crippen LogP contribution in [0.1, 0.15) is 32.1 Å². The molecule has 4 nitrogen and oxygen atoms in total. The summed E-state index contributed by atoms with van der Waals surface area (Å²) in [5.74, 6) is 1.11. The van der Waals surface area contributed by atoms with Gasteiger partial charge in [-0.25, -0.2) is 0 Å². The van der Waals surface area contributed by atoms with E-state index in [0.29, 0.717) is 13.2 Å². The third-order valence-corrected chi connectivity index (χ3v) is 3.48.